The summed E-state index contributed by atoms with van der Waals surface area (Å²) in [7, 11) is 0.861. The maximum atomic E-state index is 11.0. The number of aromatic nitrogens is 1. The molecule has 0 fully saturated rings. The average molecular weight is 264 g/mol. The van der Waals surface area contributed by atoms with Gasteiger partial charge in [0.1, 0.15) is 11.6 Å². The summed E-state index contributed by atoms with van der Waals surface area (Å²) in [4.78, 5) is 4.31. The van der Waals surface area contributed by atoms with E-state index in [9.17, 15) is 4.21 Å². The zero-order valence-corrected chi connectivity index (χ0v) is 11.3. The van der Waals surface area contributed by atoms with Crippen LogP contribution in [0.4, 0.5) is 5.82 Å². The van der Waals surface area contributed by atoms with E-state index < -0.39 is 10.8 Å². The van der Waals surface area contributed by atoms with E-state index in [1.807, 2.05) is 24.3 Å². The zero-order chi connectivity index (χ0) is 13.0. The van der Waals surface area contributed by atoms with Gasteiger partial charge in [0, 0.05) is 46.3 Å². The topological polar surface area (TPSA) is 51.2 Å². The van der Waals surface area contributed by atoms with Crippen LogP contribution in [-0.2, 0) is 10.8 Å². The van der Waals surface area contributed by atoms with E-state index in [-0.39, 0.29) is 0 Å². The number of nitrogens with zero attached hydrogens (tertiary/aromatic N) is 1. The molecular weight excluding hydrogens is 248 g/mol. The minimum Gasteiger partial charge on any atom is -0.496 e. The molecule has 0 bridgehead atoms. The molecule has 96 valence electrons. The molecule has 1 unspecified atom stereocenters. The number of methoxy groups -OCH3 is 1. The number of benzene rings is 1. The average Bonchev–Trinajstić information content (AvgIpc) is 2.38. The molecule has 1 aromatic carbocycles. The van der Waals surface area contributed by atoms with Gasteiger partial charge in [-0.05, 0) is 12.1 Å². The Bertz CT molecular complexity index is 572. The molecule has 1 aromatic heterocycles. The van der Waals surface area contributed by atoms with Crippen molar-refractivity contribution in [2.75, 3.05) is 31.0 Å². The Labute approximate surface area is 109 Å². The van der Waals surface area contributed by atoms with Crippen LogP contribution in [0.1, 0.15) is 0 Å². The predicted octanol–water partition coefficient (Wildman–Crippen LogP) is 2.03. The molecule has 18 heavy (non-hydrogen) atoms. The van der Waals surface area contributed by atoms with Gasteiger partial charge in [-0.1, -0.05) is 12.1 Å². The molecule has 0 aliphatic heterocycles. The van der Waals surface area contributed by atoms with Crippen molar-refractivity contribution in [1.82, 2.24) is 4.98 Å². The molecule has 2 rings (SSSR count). The van der Waals surface area contributed by atoms with Gasteiger partial charge in [0.2, 0.25) is 0 Å². The van der Waals surface area contributed by atoms with Crippen LogP contribution in [0.2, 0.25) is 0 Å². The number of ether oxygens (including phenoxy) is 1. The van der Waals surface area contributed by atoms with Crippen LogP contribution < -0.4 is 10.1 Å². The van der Waals surface area contributed by atoms with Crippen LogP contribution >= 0.6 is 0 Å². The Balaban J connectivity index is 2.31. The Kier molecular flexibility index (Phi) is 4.15. The molecule has 0 aliphatic rings. The molecule has 0 radical (unpaired) electrons. The summed E-state index contributed by atoms with van der Waals surface area (Å²) >= 11 is 0. The first-order chi connectivity index (χ1) is 8.72. The molecule has 5 heteroatoms. The van der Waals surface area contributed by atoms with Gasteiger partial charge in [0.25, 0.3) is 0 Å². The summed E-state index contributed by atoms with van der Waals surface area (Å²) in [5.74, 6) is 2.25. The van der Waals surface area contributed by atoms with E-state index in [4.69, 9.17) is 4.74 Å². The maximum absolute atomic E-state index is 11.0. The van der Waals surface area contributed by atoms with Gasteiger partial charge in [-0.2, -0.15) is 0 Å². The van der Waals surface area contributed by atoms with Crippen molar-refractivity contribution in [2.24, 2.45) is 0 Å². The van der Waals surface area contributed by atoms with Crippen molar-refractivity contribution in [1.29, 1.82) is 0 Å². The van der Waals surface area contributed by atoms with E-state index in [1.54, 1.807) is 19.6 Å². The Morgan fingerprint density at radius 3 is 2.89 bits per heavy atom. The van der Waals surface area contributed by atoms with Gasteiger partial charge >= 0.3 is 0 Å². The fourth-order valence-corrected chi connectivity index (χ4v) is 2.20. The Morgan fingerprint density at radius 1 is 1.33 bits per heavy atom. The third kappa shape index (κ3) is 2.79. The van der Waals surface area contributed by atoms with Crippen molar-refractivity contribution < 1.29 is 8.95 Å². The van der Waals surface area contributed by atoms with Crippen molar-refractivity contribution in [2.45, 2.75) is 0 Å². The number of pyridine rings is 1. The zero-order valence-electron chi connectivity index (χ0n) is 10.5. The highest BCUT2D eigenvalue weighted by Crippen LogP contribution is 2.28. The van der Waals surface area contributed by atoms with Crippen LogP contribution in [0.3, 0.4) is 0 Å². The molecule has 0 saturated carbocycles. The minimum atomic E-state index is -0.794. The third-order valence-corrected chi connectivity index (χ3v) is 3.45. The van der Waals surface area contributed by atoms with E-state index in [0.29, 0.717) is 12.3 Å². The SMILES string of the molecule is COc1cccc2c(NCCS(C)=O)nccc12. The first-order valence-corrected chi connectivity index (χ1v) is 7.40. The van der Waals surface area contributed by atoms with E-state index >= 15 is 0 Å². The van der Waals surface area contributed by atoms with Crippen molar-refractivity contribution in [3.05, 3.63) is 30.5 Å². The summed E-state index contributed by atoms with van der Waals surface area (Å²) in [5, 5.41) is 5.25. The van der Waals surface area contributed by atoms with E-state index in [2.05, 4.69) is 10.3 Å². The lowest BCUT2D eigenvalue weighted by Gasteiger charge is -2.10. The molecule has 0 aliphatic carbocycles. The lowest BCUT2D eigenvalue weighted by atomic mass is 10.1. The number of hydrogen-bond donors (Lipinski definition) is 1. The Morgan fingerprint density at radius 2 is 2.17 bits per heavy atom. The molecule has 0 amide bonds. The van der Waals surface area contributed by atoms with Gasteiger partial charge in [0.15, 0.2) is 0 Å². The molecule has 2 aromatic rings. The number of rotatable bonds is 5. The highest BCUT2D eigenvalue weighted by Gasteiger charge is 2.05. The summed E-state index contributed by atoms with van der Waals surface area (Å²) in [6, 6.07) is 7.78. The second kappa shape index (κ2) is 5.82. The number of anilines is 1. The van der Waals surface area contributed by atoms with Crippen LogP contribution in [-0.4, -0.2) is 34.9 Å². The lowest BCUT2D eigenvalue weighted by Crippen LogP contribution is -2.11. The predicted molar refractivity (Wildman–Crippen MR) is 75.7 cm³/mol. The normalized spacial score (nSPS) is 12.3. The summed E-state index contributed by atoms with van der Waals surface area (Å²) < 4.78 is 16.3. The summed E-state index contributed by atoms with van der Waals surface area (Å²) in [6.07, 6.45) is 3.44. The van der Waals surface area contributed by atoms with Crippen molar-refractivity contribution >= 4 is 27.4 Å². The van der Waals surface area contributed by atoms with Crippen LogP contribution in [0.25, 0.3) is 10.8 Å². The number of hydrogen-bond acceptors (Lipinski definition) is 4. The monoisotopic (exact) mass is 264 g/mol. The summed E-state index contributed by atoms with van der Waals surface area (Å²) in [6.45, 7) is 0.645. The minimum absolute atomic E-state index is 0.613. The van der Waals surface area contributed by atoms with E-state index in [0.717, 1.165) is 22.3 Å². The molecule has 1 heterocycles. The van der Waals surface area contributed by atoms with Crippen molar-refractivity contribution in [3.63, 3.8) is 0 Å². The standard InChI is InChI=1S/C13H16N2O2S/c1-17-12-5-3-4-11-10(12)6-7-14-13(11)15-8-9-18(2)16/h3-7H,8-9H2,1-2H3,(H,14,15). The van der Waals surface area contributed by atoms with Gasteiger partial charge in [-0.15, -0.1) is 0 Å². The highest BCUT2D eigenvalue weighted by atomic mass is 32.2. The molecule has 0 spiro atoms. The second-order valence-electron chi connectivity index (χ2n) is 3.92. The third-order valence-electron chi connectivity index (χ3n) is 2.67. The quantitative estimate of drug-likeness (QED) is 0.898. The van der Waals surface area contributed by atoms with Gasteiger partial charge in [-0.25, -0.2) is 4.98 Å². The first kappa shape index (κ1) is 12.8. The lowest BCUT2D eigenvalue weighted by molar-refractivity contribution is 0.420. The molecule has 4 nitrogen and oxygen atoms in total. The number of fused-ring (bicyclic) bond motifs is 1. The summed E-state index contributed by atoms with van der Waals surface area (Å²) in [5.41, 5.74) is 0. The molecule has 1 N–H and O–H groups in total. The van der Waals surface area contributed by atoms with Crippen LogP contribution in [0.15, 0.2) is 30.5 Å². The van der Waals surface area contributed by atoms with Gasteiger partial charge in [0.05, 0.1) is 7.11 Å². The van der Waals surface area contributed by atoms with Gasteiger partial charge in [-0.3, -0.25) is 4.21 Å². The fourth-order valence-electron chi connectivity index (χ4n) is 1.81. The molecule has 0 saturated heterocycles. The number of nitrogens with one attached hydrogen (secondary N) is 1. The Hall–Kier alpha value is -1.62. The fraction of sp³-hybridized carbons (Fsp3) is 0.308. The maximum Gasteiger partial charge on any atom is 0.133 e. The smallest absolute Gasteiger partial charge is 0.133 e. The molecular formula is C13H16N2O2S. The first-order valence-electron chi connectivity index (χ1n) is 5.68. The largest absolute Gasteiger partial charge is 0.496 e. The highest BCUT2D eigenvalue weighted by molar-refractivity contribution is 7.84. The van der Waals surface area contributed by atoms with Gasteiger partial charge < -0.3 is 10.1 Å². The molecule has 1 atom stereocenters. The van der Waals surface area contributed by atoms with E-state index in [1.165, 1.54) is 0 Å². The second-order valence-corrected chi connectivity index (χ2v) is 5.47. The van der Waals surface area contributed by atoms with Crippen LogP contribution in [0.5, 0.6) is 5.75 Å². The van der Waals surface area contributed by atoms with Crippen molar-refractivity contribution in [3.8, 4) is 5.75 Å². The van der Waals surface area contributed by atoms with Crippen LogP contribution in [0, 0.1) is 0 Å².